The number of nitrogens with one attached hydrogen (secondary N) is 1. The molecule has 1 N–H and O–H groups in total. The fourth-order valence-corrected chi connectivity index (χ4v) is 5.92. The maximum atomic E-state index is 11.5. The van der Waals surface area contributed by atoms with E-state index in [0.29, 0.717) is 37.7 Å². The minimum absolute atomic E-state index is 0.188. The zero-order valence-corrected chi connectivity index (χ0v) is 20.6. The molecule has 2 atom stereocenters. The largest absolute Gasteiger partial charge is 0.486 e. The number of rotatable bonds is 3. The Hall–Kier alpha value is -2.91. The molecule has 4 aliphatic rings. The van der Waals surface area contributed by atoms with E-state index in [1.165, 1.54) is 5.56 Å². The lowest BCUT2D eigenvalue weighted by Gasteiger charge is -2.49. The average molecular weight is 479 g/mol. The van der Waals surface area contributed by atoms with Crippen LogP contribution in [-0.2, 0) is 16.1 Å². The highest BCUT2D eigenvalue weighted by Crippen LogP contribution is 2.41. The Morgan fingerprint density at radius 2 is 1.94 bits per heavy atom. The second-order valence-corrected chi connectivity index (χ2v) is 10.2. The standard InChI is InChI=1S/C26H34N6O3/c1-17-12-31(20-13-32(14-20)18(2)33)6-5-21(17)19-3-4-24-23(11-19)29-25-22(15-35-24)26(28-16-27-25)30-7-9-34-10-8-30/h3-4,11,16-17,20-21H,5-10,12-15H2,1-2H3,(H,27,28,29)/t17-,21+/m0/s1. The maximum absolute atomic E-state index is 11.5. The third-order valence-corrected chi connectivity index (χ3v) is 8.05. The number of piperidine rings is 1. The average Bonchev–Trinajstić information content (AvgIpc) is 3.02. The maximum Gasteiger partial charge on any atom is 0.219 e. The van der Waals surface area contributed by atoms with Crippen molar-refractivity contribution >= 4 is 23.2 Å². The van der Waals surface area contributed by atoms with Crippen molar-refractivity contribution in [3.8, 4) is 5.75 Å². The first kappa shape index (κ1) is 22.5. The zero-order chi connectivity index (χ0) is 23.9. The van der Waals surface area contributed by atoms with Gasteiger partial charge in [-0.1, -0.05) is 13.0 Å². The van der Waals surface area contributed by atoms with E-state index in [4.69, 9.17) is 9.47 Å². The second kappa shape index (κ2) is 9.28. The van der Waals surface area contributed by atoms with Gasteiger partial charge < -0.3 is 24.6 Å². The lowest BCUT2D eigenvalue weighted by molar-refractivity contribution is -0.136. The molecule has 35 heavy (non-hydrogen) atoms. The van der Waals surface area contributed by atoms with Gasteiger partial charge in [-0.15, -0.1) is 0 Å². The molecule has 0 bridgehead atoms. The molecule has 9 heteroatoms. The van der Waals surface area contributed by atoms with Crippen LogP contribution in [0.25, 0.3) is 0 Å². The number of hydrogen-bond acceptors (Lipinski definition) is 8. The molecule has 3 fully saturated rings. The van der Waals surface area contributed by atoms with Gasteiger partial charge in [0.1, 0.15) is 30.3 Å². The Bertz CT molecular complexity index is 1100. The Balaban J connectivity index is 1.17. The topological polar surface area (TPSA) is 83.1 Å². The quantitative estimate of drug-likeness (QED) is 0.721. The molecule has 0 radical (unpaired) electrons. The monoisotopic (exact) mass is 478 g/mol. The lowest BCUT2D eigenvalue weighted by atomic mass is 9.80. The minimum atomic E-state index is 0.188. The number of ether oxygens (including phenoxy) is 2. The summed E-state index contributed by atoms with van der Waals surface area (Å²) < 4.78 is 11.7. The molecular formula is C26H34N6O3. The molecule has 1 amide bonds. The van der Waals surface area contributed by atoms with Gasteiger partial charge in [-0.25, -0.2) is 9.97 Å². The third kappa shape index (κ3) is 4.31. The summed E-state index contributed by atoms with van der Waals surface area (Å²) in [6.07, 6.45) is 2.76. The van der Waals surface area contributed by atoms with Gasteiger partial charge in [0, 0.05) is 45.7 Å². The Labute approximate surface area is 206 Å². The van der Waals surface area contributed by atoms with Crippen molar-refractivity contribution in [2.24, 2.45) is 5.92 Å². The van der Waals surface area contributed by atoms with Crippen LogP contribution in [0.1, 0.15) is 37.3 Å². The number of carbonyl (C=O) groups is 1. The van der Waals surface area contributed by atoms with E-state index in [-0.39, 0.29) is 5.91 Å². The molecule has 5 heterocycles. The number of hydrogen-bond donors (Lipinski definition) is 1. The molecule has 6 rings (SSSR count). The van der Waals surface area contributed by atoms with Gasteiger partial charge in [-0.05, 0) is 42.5 Å². The highest BCUT2D eigenvalue weighted by Gasteiger charge is 2.37. The number of carbonyl (C=O) groups excluding carboxylic acids is 1. The number of anilines is 3. The van der Waals surface area contributed by atoms with Gasteiger partial charge in [-0.3, -0.25) is 9.69 Å². The van der Waals surface area contributed by atoms with Crippen LogP contribution < -0.4 is 15.0 Å². The molecule has 0 spiro atoms. The summed E-state index contributed by atoms with van der Waals surface area (Å²) in [7, 11) is 0. The normalized spacial score (nSPS) is 25.0. The van der Waals surface area contributed by atoms with Gasteiger partial charge in [-0.2, -0.15) is 0 Å². The molecule has 1 aromatic heterocycles. The van der Waals surface area contributed by atoms with E-state index in [9.17, 15) is 4.79 Å². The van der Waals surface area contributed by atoms with E-state index < -0.39 is 0 Å². The number of nitrogens with zero attached hydrogens (tertiary/aromatic N) is 5. The first-order valence-corrected chi connectivity index (χ1v) is 12.8. The number of amides is 1. The summed E-state index contributed by atoms with van der Waals surface area (Å²) in [5, 5.41) is 3.56. The molecule has 3 saturated heterocycles. The van der Waals surface area contributed by atoms with Gasteiger partial charge in [0.05, 0.1) is 24.5 Å². The smallest absolute Gasteiger partial charge is 0.219 e. The number of aromatic nitrogens is 2. The van der Waals surface area contributed by atoms with Crippen molar-refractivity contribution < 1.29 is 14.3 Å². The summed E-state index contributed by atoms with van der Waals surface area (Å²) >= 11 is 0. The number of morpholine rings is 1. The molecule has 186 valence electrons. The molecule has 0 unspecified atom stereocenters. The SMILES string of the molecule is CC(=O)N1CC(N2CC[C@@H](c3ccc4c(c3)Nc3ncnc(N5CCOCC5)c3CO4)[C@@H](C)C2)C1. The first-order chi connectivity index (χ1) is 17.1. The van der Waals surface area contributed by atoms with Crippen LogP contribution in [0, 0.1) is 5.92 Å². The predicted molar refractivity (Wildman–Crippen MR) is 133 cm³/mol. The van der Waals surface area contributed by atoms with Crippen LogP contribution >= 0.6 is 0 Å². The van der Waals surface area contributed by atoms with Crippen LogP contribution in [0.4, 0.5) is 17.3 Å². The van der Waals surface area contributed by atoms with E-state index in [1.54, 1.807) is 13.3 Å². The number of fused-ring (bicyclic) bond motifs is 2. The Kier molecular flexibility index (Phi) is 5.98. The number of likely N-dealkylation sites (tertiary alicyclic amines) is 2. The molecule has 4 aliphatic heterocycles. The summed E-state index contributed by atoms with van der Waals surface area (Å²) in [5.74, 6) is 3.83. The fraction of sp³-hybridized carbons (Fsp3) is 0.577. The van der Waals surface area contributed by atoms with Crippen LogP contribution in [0.3, 0.4) is 0 Å². The highest BCUT2D eigenvalue weighted by atomic mass is 16.5. The molecule has 2 aromatic rings. The van der Waals surface area contributed by atoms with E-state index in [2.05, 4.69) is 50.2 Å². The summed E-state index contributed by atoms with van der Waals surface area (Å²) in [5.41, 5.74) is 3.31. The second-order valence-electron chi connectivity index (χ2n) is 10.2. The molecular weight excluding hydrogens is 444 g/mol. The fourth-order valence-electron chi connectivity index (χ4n) is 5.92. The van der Waals surface area contributed by atoms with E-state index in [0.717, 1.165) is 74.3 Å². The van der Waals surface area contributed by atoms with E-state index >= 15 is 0 Å². The van der Waals surface area contributed by atoms with Crippen molar-refractivity contribution in [1.29, 1.82) is 0 Å². The predicted octanol–water partition coefficient (Wildman–Crippen LogP) is 2.61. The van der Waals surface area contributed by atoms with Crippen LogP contribution in [0.15, 0.2) is 24.5 Å². The van der Waals surface area contributed by atoms with Gasteiger partial charge in [0.2, 0.25) is 5.91 Å². The Morgan fingerprint density at radius 1 is 1.11 bits per heavy atom. The first-order valence-electron chi connectivity index (χ1n) is 12.8. The minimum Gasteiger partial charge on any atom is -0.486 e. The van der Waals surface area contributed by atoms with Gasteiger partial charge in [0.25, 0.3) is 0 Å². The Morgan fingerprint density at radius 3 is 2.71 bits per heavy atom. The van der Waals surface area contributed by atoms with Crippen LogP contribution in [-0.4, -0.2) is 84.2 Å². The highest BCUT2D eigenvalue weighted by molar-refractivity contribution is 5.74. The molecule has 0 aliphatic carbocycles. The lowest BCUT2D eigenvalue weighted by Crippen LogP contribution is -2.62. The summed E-state index contributed by atoms with van der Waals surface area (Å²) in [6, 6.07) is 7.09. The third-order valence-electron chi connectivity index (χ3n) is 8.05. The molecule has 0 saturated carbocycles. The summed E-state index contributed by atoms with van der Waals surface area (Å²) in [4.78, 5) is 27.5. The van der Waals surface area contributed by atoms with E-state index in [1.807, 2.05) is 4.90 Å². The van der Waals surface area contributed by atoms with Crippen molar-refractivity contribution in [3.63, 3.8) is 0 Å². The van der Waals surface area contributed by atoms with Crippen molar-refractivity contribution in [2.45, 2.75) is 38.8 Å². The van der Waals surface area contributed by atoms with Crippen LogP contribution in [0.2, 0.25) is 0 Å². The zero-order valence-electron chi connectivity index (χ0n) is 20.6. The van der Waals surface area contributed by atoms with Crippen molar-refractivity contribution in [1.82, 2.24) is 19.8 Å². The number of benzene rings is 1. The molecule has 1 aromatic carbocycles. The van der Waals surface area contributed by atoms with Gasteiger partial charge in [0.15, 0.2) is 0 Å². The summed E-state index contributed by atoms with van der Waals surface area (Å²) in [6.45, 7) is 11.4. The van der Waals surface area contributed by atoms with Crippen molar-refractivity contribution in [3.05, 3.63) is 35.7 Å². The van der Waals surface area contributed by atoms with Gasteiger partial charge >= 0.3 is 0 Å². The van der Waals surface area contributed by atoms with Crippen molar-refractivity contribution in [2.75, 3.05) is 62.7 Å². The van der Waals surface area contributed by atoms with Crippen LogP contribution in [0.5, 0.6) is 5.75 Å². The molecule has 9 nitrogen and oxygen atoms in total.